The molecule has 0 spiro atoms. The standard InChI is InChI=1S/C11H23NO/c1-11(2)7-5-4-6-10(11)12(3)8-9-13/h10,13H,4-9H2,1-3H3. The lowest BCUT2D eigenvalue weighted by Gasteiger charge is -2.43. The molecule has 1 fully saturated rings. The van der Waals surface area contributed by atoms with E-state index in [1.54, 1.807) is 0 Å². The number of aliphatic hydroxyl groups excluding tert-OH is 1. The second-order valence-corrected chi connectivity index (χ2v) is 4.95. The van der Waals surface area contributed by atoms with Gasteiger partial charge in [0.15, 0.2) is 0 Å². The molecule has 0 heterocycles. The van der Waals surface area contributed by atoms with Crippen LogP contribution in [0, 0.1) is 5.41 Å². The Kier molecular flexibility index (Phi) is 3.74. The Morgan fingerprint density at radius 2 is 2.08 bits per heavy atom. The summed E-state index contributed by atoms with van der Waals surface area (Å²) in [6.07, 6.45) is 5.34. The van der Waals surface area contributed by atoms with Gasteiger partial charge in [-0.15, -0.1) is 0 Å². The zero-order chi connectivity index (χ0) is 9.90. The van der Waals surface area contributed by atoms with Gasteiger partial charge in [0.25, 0.3) is 0 Å². The third-order valence-corrected chi connectivity index (χ3v) is 3.44. The summed E-state index contributed by atoms with van der Waals surface area (Å²) in [4.78, 5) is 2.32. The van der Waals surface area contributed by atoms with Crippen molar-refractivity contribution in [1.29, 1.82) is 0 Å². The predicted molar refractivity (Wildman–Crippen MR) is 55.8 cm³/mol. The Balaban J connectivity index is 2.54. The van der Waals surface area contributed by atoms with Crippen LogP contribution >= 0.6 is 0 Å². The summed E-state index contributed by atoms with van der Waals surface area (Å²) in [5, 5.41) is 8.90. The Hall–Kier alpha value is -0.0800. The van der Waals surface area contributed by atoms with Gasteiger partial charge in [0.05, 0.1) is 6.61 Å². The fourth-order valence-electron chi connectivity index (χ4n) is 2.61. The molecule has 13 heavy (non-hydrogen) atoms. The summed E-state index contributed by atoms with van der Waals surface area (Å²) in [7, 11) is 2.13. The molecule has 1 aliphatic carbocycles. The number of likely N-dealkylation sites (N-methyl/N-ethyl adjacent to an activating group) is 1. The number of hydrogen-bond acceptors (Lipinski definition) is 2. The topological polar surface area (TPSA) is 23.5 Å². The van der Waals surface area contributed by atoms with E-state index in [9.17, 15) is 0 Å². The molecule has 78 valence electrons. The van der Waals surface area contributed by atoms with Gasteiger partial charge in [-0.3, -0.25) is 0 Å². The minimum Gasteiger partial charge on any atom is -0.395 e. The minimum absolute atomic E-state index is 0.281. The Bertz CT molecular complexity index is 156. The first-order valence-corrected chi connectivity index (χ1v) is 5.39. The van der Waals surface area contributed by atoms with Gasteiger partial charge in [0.2, 0.25) is 0 Å². The quantitative estimate of drug-likeness (QED) is 0.725. The molecule has 0 aromatic heterocycles. The molecule has 1 unspecified atom stereocenters. The summed E-state index contributed by atoms with van der Waals surface area (Å²) in [5.41, 5.74) is 0.433. The van der Waals surface area contributed by atoms with Crippen molar-refractivity contribution in [3.63, 3.8) is 0 Å². The average molecular weight is 185 g/mol. The van der Waals surface area contributed by atoms with Crippen LogP contribution in [0.2, 0.25) is 0 Å². The van der Waals surface area contributed by atoms with E-state index in [0.717, 1.165) is 6.54 Å². The lowest BCUT2D eigenvalue weighted by atomic mass is 9.72. The van der Waals surface area contributed by atoms with Crippen molar-refractivity contribution >= 4 is 0 Å². The molecule has 1 saturated carbocycles. The molecule has 0 aromatic rings. The fraction of sp³-hybridized carbons (Fsp3) is 1.00. The van der Waals surface area contributed by atoms with Crippen molar-refractivity contribution in [2.24, 2.45) is 5.41 Å². The van der Waals surface area contributed by atoms with Crippen molar-refractivity contribution in [3.05, 3.63) is 0 Å². The van der Waals surface area contributed by atoms with Gasteiger partial charge in [0.1, 0.15) is 0 Å². The normalized spacial score (nSPS) is 27.9. The first-order valence-electron chi connectivity index (χ1n) is 5.39. The zero-order valence-corrected chi connectivity index (χ0v) is 9.21. The van der Waals surface area contributed by atoms with Crippen molar-refractivity contribution in [1.82, 2.24) is 4.90 Å². The number of hydrogen-bond donors (Lipinski definition) is 1. The van der Waals surface area contributed by atoms with Gasteiger partial charge in [0, 0.05) is 12.6 Å². The van der Waals surface area contributed by atoms with Crippen LogP contribution < -0.4 is 0 Å². The highest BCUT2D eigenvalue weighted by molar-refractivity contribution is 4.88. The molecule has 2 heteroatoms. The molecule has 0 radical (unpaired) electrons. The van der Waals surface area contributed by atoms with E-state index < -0.39 is 0 Å². The highest BCUT2D eigenvalue weighted by Crippen LogP contribution is 2.37. The molecule has 0 aliphatic heterocycles. The summed E-state index contributed by atoms with van der Waals surface area (Å²) < 4.78 is 0. The SMILES string of the molecule is CN(CCO)C1CCCCC1(C)C. The van der Waals surface area contributed by atoms with Gasteiger partial charge in [-0.2, -0.15) is 0 Å². The van der Waals surface area contributed by atoms with Crippen molar-refractivity contribution < 1.29 is 5.11 Å². The number of rotatable bonds is 3. The average Bonchev–Trinajstić information content (AvgIpc) is 2.03. The molecule has 1 aliphatic rings. The molecule has 2 nitrogen and oxygen atoms in total. The molecular formula is C11H23NO. The van der Waals surface area contributed by atoms with Crippen molar-refractivity contribution in [2.45, 2.75) is 45.6 Å². The van der Waals surface area contributed by atoms with Crippen LogP contribution in [0.3, 0.4) is 0 Å². The van der Waals surface area contributed by atoms with E-state index in [1.807, 2.05) is 0 Å². The second kappa shape index (κ2) is 4.43. The smallest absolute Gasteiger partial charge is 0.0558 e. The van der Waals surface area contributed by atoms with Gasteiger partial charge in [-0.25, -0.2) is 0 Å². The van der Waals surface area contributed by atoms with Crippen molar-refractivity contribution in [3.8, 4) is 0 Å². The zero-order valence-electron chi connectivity index (χ0n) is 9.21. The van der Waals surface area contributed by atoms with Crippen LogP contribution in [0.1, 0.15) is 39.5 Å². The lowest BCUT2D eigenvalue weighted by molar-refractivity contribution is 0.0561. The largest absolute Gasteiger partial charge is 0.395 e. The molecule has 0 bridgehead atoms. The van der Waals surface area contributed by atoms with E-state index >= 15 is 0 Å². The molecule has 1 rings (SSSR count). The fourth-order valence-corrected chi connectivity index (χ4v) is 2.61. The third-order valence-electron chi connectivity index (χ3n) is 3.44. The van der Waals surface area contributed by atoms with Crippen LogP contribution in [-0.2, 0) is 0 Å². The maximum Gasteiger partial charge on any atom is 0.0558 e. The van der Waals surface area contributed by atoms with E-state index in [0.29, 0.717) is 11.5 Å². The van der Waals surface area contributed by atoms with Crippen LogP contribution in [-0.4, -0.2) is 36.2 Å². The van der Waals surface area contributed by atoms with Crippen LogP contribution in [0.25, 0.3) is 0 Å². The minimum atomic E-state index is 0.281. The van der Waals surface area contributed by atoms with E-state index in [-0.39, 0.29) is 6.61 Å². The van der Waals surface area contributed by atoms with E-state index in [4.69, 9.17) is 5.11 Å². The van der Waals surface area contributed by atoms with Gasteiger partial charge in [-0.1, -0.05) is 26.7 Å². The van der Waals surface area contributed by atoms with Gasteiger partial charge in [-0.05, 0) is 25.3 Å². The van der Waals surface area contributed by atoms with Gasteiger partial charge >= 0.3 is 0 Å². The Labute approximate surface area is 81.9 Å². The van der Waals surface area contributed by atoms with Crippen LogP contribution in [0.5, 0.6) is 0 Å². The molecule has 0 aromatic carbocycles. The van der Waals surface area contributed by atoms with Crippen LogP contribution in [0.4, 0.5) is 0 Å². The second-order valence-electron chi connectivity index (χ2n) is 4.95. The predicted octanol–water partition coefficient (Wildman–Crippen LogP) is 1.88. The monoisotopic (exact) mass is 185 g/mol. The molecule has 0 amide bonds. The first kappa shape index (κ1) is 11.0. The molecular weight excluding hydrogens is 162 g/mol. The molecule has 1 atom stereocenters. The van der Waals surface area contributed by atoms with Gasteiger partial charge < -0.3 is 10.0 Å². The first-order chi connectivity index (χ1) is 6.08. The highest BCUT2D eigenvalue weighted by atomic mass is 16.3. The summed E-state index contributed by atoms with van der Waals surface area (Å²) in [6, 6.07) is 0.661. The third kappa shape index (κ3) is 2.68. The highest BCUT2D eigenvalue weighted by Gasteiger charge is 2.34. The maximum absolute atomic E-state index is 8.90. The summed E-state index contributed by atoms with van der Waals surface area (Å²) >= 11 is 0. The summed E-state index contributed by atoms with van der Waals surface area (Å²) in [5.74, 6) is 0. The lowest BCUT2D eigenvalue weighted by Crippen LogP contribution is -2.46. The maximum atomic E-state index is 8.90. The number of aliphatic hydroxyl groups is 1. The van der Waals surface area contributed by atoms with Crippen LogP contribution in [0.15, 0.2) is 0 Å². The van der Waals surface area contributed by atoms with Crippen molar-refractivity contribution in [2.75, 3.05) is 20.2 Å². The molecule has 1 N–H and O–H groups in total. The Morgan fingerprint density at radius 3 is 2.62 bits per heavy atom. The van der Waals surface area contributed by atoms with E-state index in [2.05, 4.69) is 25.8 Å². The van der Waals surface area contributed by atoms with E-state index in [1.165, 1.54) is 25.7 Å². The molecule has 0 saturated heterocycles. The Morgan fingerprint density at radius 1 is 1.38 bits per heavy atom. The number of nitrogens with zero attached hydrogens (tertiary/aromatic N) is 1. The summed E-state index contributed by atoms with van der Waals surface area (Å²) in [6.45, 7) is 5.80.